The minimum absolute atomic E-state index is 0.00786. The molecular weight excluding hydrogens is 222 g/mol. The summed E-state index contributed by atoms with van der Waals surface area (Å²) in [5.41, 5.74) is 2.41. The van der Waals surface area contributed by atoms with Gasteiger partial charge in [0.15, 0.2) is 0 Å². The number of nitrogens with one attached hydrogen (secondary N) is 1. The first kappa shape index (κ1) is 12.0. The van der Waals surface area contributed by atoms with Gasteiger partial charge in [0.1, 0.15) is 5.82 Å². The molecule has 2 heterocycles. The van der Waals surface area contributed by atoms with E-state index in [1.807, 2.05) is 13.0 Å². The van der Waals surface area contributed by atoms with Crippen molar-refractivity contribution in [2.75, 3.05) is 30.0 Å². The molecule has 0 saturated carbocycles. The number of nitrogens with two attached hydrogens (primary N) is 1. The number of nitrogen functional groups attached to an aromatic ring is 1. The Kier molecular flexibility index (Phi) is 3.72. The van der Waals surface area contributed by atoms with Crippen LogP contribution >= 0.6 is 0 Å². The Morgan fingerprint density at radius 2 is 2.47 bits per heavy atom. The number of hydrogen-bond donors (Lipinski definition) is 3. The Morgan fingerprint density at radius 3 is 3.18 bits per heavy atom. The number of aliphatic hydroxyl groups is 1. The van der Waals surface area contributed by atoms with E-state index in [1.54, 1.807) is 6.20 Å². The first-order valence-corrected chi connectivity index (χ1v) is 5.54. The summed E-state index contributed by atoms with van der Waals surface area (Å²) < 4.78 is 5.57. The van der Waals surface area contributed by atoms with E-state index in [-0.39, 0.29) is 18.8 Å². The lowest BCUT2D eigenvalue weighted by Gasteiger charge is -2.36. The number of aliphatic hydroxyl groups excluding tert-OH is 1. The Labute approximate surface area is 99.6 Å². The van der Waals surface area contributed by atoms with E-state index in [2.05, 4.69) is 20.3 Å². The summed E-state index contributed by atoms with van der Waals surface area (Å²) in [7, 11) is 0. The maximum absolute atomic E-state index is 9.16. The fraction of sp³-hybridized carbons (Fsp3) is 0.600. The molecule has 0 radical (unpaired) electrons. The molecule has 17 heavy (non-hydrogen) atoms. The molecule has 1 aromatic rings. The highest BCUT2D eigenvalue weighted by atomic mass is 16.5. The zero-order valence-electron chi connectivity index (χ0n) is 9.71. The van der Waals surface area contributed by atoms with Crippen LogP contribution in [-0.2, 0) is 4.74 Å². The topological polar surface area (TPSA) is 96.5 Å². The van der Waals surface area contributed by atoms with Crippen LogP contribution in [0.3, 0.4) is 0 Å². The fourth-order valence-electron chi connectivity index (χ4n) is 1.93. The van der Waals surface area contributed by atoms with Crippen LogP contribution in [0.5, 0.6) is 0 Å². The van der Waals surface area contributed by atoms with Crippen molar-refractivity contribution in [2.45, 2.75) is 19.1 Å². The number of anilines is 2. The van der Waals surface area contributed by atoms with E-state index in [9.17, 15) is 0 Å². The first-order chi connectivity index (χ1) is 8.22. The van der Waals surface area contributed by atoms with Gasteiger partial charge in [0, 0.05) is 19.3 Å². The summed E-state index contributed by atoms with van der Waals surface area (Å²) in [6, 6.07) is 1.81. The lowest BCUT2D eigenvalue weighted by molar-refractivity contribution is -0.0423. The third-order valence-electron chi connectivity index (χ3n) is 2.62. The number of nitrogens with zero attached hydrogens (tertiary/aromatic N) is 3. The highest BCUT2D eigenvalue weighted by Gasteiger charge is 2.25. The quantitative estimate of drug-likeness (QED) is 0.476. The van der Waals surface area contributed by atoms with Crippen LogP contribution in [0.1, 0.15) is 6.92 Å². The zero-order valence-corrected chi connectivity index (χ0v) is 9.71. The Balaban J connectivity index is 2.14. The van der Waals surface area contributed by atoms with E-state index in [0.29, 0.717) is 12.5 Å². The monoisotopic (exact) mass is 239 g/mol. The maximum Gasteiger partial charge on any atom is 0.239 e. The third-order valence-corrected chi connectivity index (χ3v) is 2.62. The van der Waals surface area contributed by atoms with Gasteiger partial charge in [0.2, 0.25) is 5.95 Å². The Hall–Kier alpha value is -1.44. The molecule has 0 aliphatic carbocycles. The summed E-state index contributed by atoms with van der Waals surface area (Å²) in [5, 5.41) is 9.16. The maximum atomic E-state index is 9.16. The zero-order chi connectivity index (χ0) is 12.3. The molecule has 1 fully saturated rings. The van der Waals surface area contributed by atoms with Crippen LogP contribution in [-0.4, -0.2) is 47.0 Å². The van der Waals surface area contributed by atoms with Gasteiger partial charge in [-0.25, -0.2) is 10.8 Å². The fourth-order valence-corrected chi connectivity index (χ4v) is 1.93. The molecule has 1 aliphatic heterocycles. The van der Waals surface area contributed by atoms with E-state index in [4.69, 9.17) is 15.7 Å². The highest BCUT2D eigenvalue weighted by Crippen LogP contribution is 2.18. The third kappa shape index (κ3) is 2.82. The Bertz CT molecular complexity index is 375. The molecule has 7 heteroatoms. The summed E-state index contributed by atoms with van der Waals surface area (Å²) in [6.07, 6.45) is 1.53. The van der Waals surface area contributed by atoms with Gasteiger partial charge in [-0.1, -0.05) is 0 Å². The lowest BCUT2D eigenvalue weighted by atomic mass is 10.2. The van der Waals surface area contributed by atoms with Crippen LogP contribution in [0.2, 0.25) is 0 Å². The normalized spacial score (nSPS) is 24.8. The van der Waals surface area contributed by atoms with Crippen molar-refractivity contribution in [3.05, 3.63) is 12.3 Å². The van der Waals surface area contributed by atoms with Crippen LogP contribution in [0.25, 0.3) is 0 Å². The summed E-state index contributed by atoms with van der Waals surface area (Å²) in [4.78, 5) is 10.3. The first-order valence-electron chi connectivity index (χ1n) is 5.54. The number of hydrogen-bond acceptors (Lipinski definition) is 7. The summed E-state index contributed by atoms with van der Waals surface area (Å²) in [5.74, 6) is 6.43. The van der Waals surface area contributed by atoms with Gasteiger partial charge < -0.3 is 14.7 Å². The van der Waals surface area contributed by atoms with Gasteiger partial charge in [-0.2, -0.15) is 4.98 Å². The number of morpholine rings is 1. The largest absolute Gasteiger partial charge is 0.394 e. The standard InChI is InChI=1S/C10H17N5O2/c1-7-4-15(5-8(6-16)17-7)9-2-3-12-10(13-9)14-11/h2-3,7-8,16H,4-6,11H2,1H3,(H,12,13,14). The number of hydrazine groups is 1. The Morgan fingerprint density at radius 1 is 1.65 bits per heavy atom. The summed E-state index contributed by atoms with van der Waals surface area (Å²) in [6.45, 7) is 3.32. The number of rotatable bonds is 3. The molecule has 2 atom stereocenters. The minimum atomic E-state index is -0.178. The average Bonchev–Trinajstić information content (AvgIpc) is 2.38. The van der Waals surface area contributed by atoms with E-state index in [1.165, 1.54) is 0 Å². The molecule has 0 bridgehead atoms. The van der Waals surface area contributed by atoms with Gasteiger partial charge >= 0.3 is 0 Å². The molecule has 4 N–H and O–H groups in total. The molecular formula is C10H17N5O2. The highest BCUT2D eigenvalue weighted by molar-refractivity contribution is 5.42. The van der Waals surface area contributed by atoms with Crippen molar-refractivity contribution < 1.29 is 9.84 Å². The van der Waals surface area contributed by atoms with Crippen molar-refractivity contribution in [2.24, 2.45) is 5.84 Å². The second-order valence-corrected chi connectivity index (χ2v) is 4.04. The van der Waals surface area contributed by atoms with Crippen LogP contribution in [0, 0.1) is 0 Å². The van der Waals surface area contributed by atoms with Gasteiger partial charge in [-0.05, 0) is 13.0 Å². The van der Waals surface area contributed by atoms with E-state index < -0.39 is 0 Å². The van der Waals surface area contributed by atoms with Crippen molar-refractivity contribution in [1.82, 2.24) is 9.97 Å². The van der Waals surface area contributed by atoms with E-state index >= 15 is 0 Å². The van der Waals surface area contributed by atoms with Crippen molar-refractivity contribution >= 4 is 11.8 Å². The second-order valence-electron chi connectivity index (χ2n) is 4.04. The second kappa shape index (κ2) is 5.26. The van der Waals surface area contributed by atoms with Crippen molar-refractivity contribution in [3.8, 4) is 0 Å². The van der Waals surface area contributed by atoms with E-state index in [0.717, 1.165) is 12.4 Å². The van der Waals surface area contributed by atoms with Gasteiger partial charge in [0.25, 0.3) is 0 Å². The molecule has 7 nitrogen and oxygen atoms in total. The predicted octanol–water partition coefficient (Wildman–Crippen LogP) is -0.652. The van der Waals surface area contributed by atoms with Gasteiger partial charge in [-0.3, -0.25) is 5.43 Å². The summed E-state index contributed by atoms with van der Waals surface area (Å²) >= 11 is 0. The van der Waals surface area contributed by atoms with Crippen molar-refractivity contribution in [1.29, 1.82) is 0 Å². The smallest absolute Gasteiger partial charge is 0.239 e. The number of aromatic nitrogens is 2. The van der Waals surface area contributed by atoms with Gasteiger partial charge in [0.05, 0.1) is 18.8 Å². The SMILES string of the molecule is CC1CN(c2ccnc(NN)n2)CC(CO)O1. The molecule has 0 spiro atoms. The van der Waals surface area contributed by atoms with Gasteiger partial charge in [-0.15, -0.1) is 0 Å². The molecule has 1 aromatic heterocycles. The predicted molar refractivity (Wildman–Crippen MR) is 63.5 cm³/mol. The molecule has 94 valence electrons. The number of ether oxygens (including phenoxy) is 1. The molecule has 0 aromatic carbocycles. The van der Waals surface area contributed by atoms with Crippen LogP contribution < -0.4 is 16.2 Å². The molecule has 2 unspecified atom stereocenters. The molecule has 0 amide bonds. The molecule has 2 rings (SSSR count). The molecule has 1 aliphatic rings. The average molecular weight is 239 g/mol. The lowest BCUT2D eigenvalue weighted by Crippen LogP contribution is -2.48. The van der Waals surface area contributed by atoms with Crippen molar-refractivity contribution in [3.63, 3.8) is 0 Å². The molecule has 1 saturated heterocycles. The van der Waals surface area contributed by atoms with Crippen LogP contribution in [0.15, 0.2) is 12.3 Å². The minimum Gasteiger partial charge on any atom is -0.394 e. The van der Waals surface area contributed by atoms with Crippen LogP contribution in [0.4, 0.5) is 11.8 Å².